The number of piperidine rings is 1. The Labute approximate surface area is 197 Å². The minimum atomic E-state index is -0.230. The SMILES string of the molecule is Cc1ccccc1C(NC(=O)C1CCN(C/C=C/c2ccccc2)CC1)c1ncccc1C. The number of hydrogen-bond acceptors (Lipinski definition) is 3. The molecule has 2 aromatic carbocycles. The number of aromatic nitrogens is 1. The van der Waals surface area contributed by atoms with Gasteiger partial charge in [-0.2, -0.15) is 0 Å². The lowest BCUT2D eigenvalue weighted by atomic mass is 9.92. The lowest BCUT2D eigenvalue weighted by molar-refractivity contribution is -0.126. The quantitative estimate of drug-likeness (QED) is 0.541. The number of likely N-dealkylation sites (tertiary alicyclic amines) is 1. The maximum absolute atomic E-state index is 13.3. The summed E-state index contributed by atoms with van der Waals surface area (Å²) in [6.07, 6.45) is 7.95. The number of pyridine rings is 1. The number of nitrogens with one attached hydrogen (secondary N) is 1. The maximum atomic E-state index is 13.3. The van der Waals surface area contributed by atoms with Gasteiger partial charge in [0.25, 0.3) is 0 Å². The van der Waals surface area contributed by atoms with Crippen LogP contribution < -0.4 is 5.32 Å². The molecule has 1 fully saturated rings. The first kappa shape index (κ1) is 22.9. The van der Waals surface area contributed by atoms with E-state index in [0.717, 1.165) is 54.9 Å². The van der Waals surface area contributed by atoms with Crippen molar-refractivity contribution in [3.05, 3.63) is 107 Å². The summed E-state index contributed by atoms with van der Waals surface area (Å²) in [6.45, 7) is 6.95. The molecule has 1 aliphatic heterocycles. The summed E-state index contributed by atoms with van der Waals surface area (Å²) in [5.41, 5.74) is 5.50. The van der Waals surface area contributed by atoms with Crippen LogP contribution in [0.2, 0.25) is 0 Å². The highest BCUT2D eigenvalue weighted by molar-refractivity contribution is 5.79. The zero-order chi connectivity index (χ0) is 23.0. The topological polar surface area (TPSA) is 45.2 Å². The second-order valence-electron chi connectivity index (χ2n) is 8.89. The molecule has 0 radical (unpaired) electrons. The monoisotopic (exact) mass is 439 g/mol. The van der Waals surface area contributed by atoms with Gasteiger partial charge in [-0.3, -0.25) is 14.7 Å². The van der Waals surface area contributed by atoms with E-state index >= 15 is 0 Å². The van der Waals surface area contributed by atoms with Crippen LogP contribution in [-0.2, 0) is 4.79 Å². The molecule has 2 heterocycles. The Morgan fingerprint density at radius 1 is 1.00 bits per heavy atom. The molecule has 4 heteroatoms. The molecule has 0 bridgehead atoms. The Morgan fingerprint density at radius 2 is 1.70 bits per heavy atom. The van der Waals surface area contributed by atoms with Crippen molar-refractivity contribution >= 4 is 12.0 Å². The number of carbonyl (C=O) groups excluding carboxylic acids is 1. The molecule has 0 saturated carbocycles. The molecule has 0 aliphatic carbocycles. The van der Waals surface area contributed by atoms with Gasteiger partial charge in [0.2, 0.25) is 5.91 Å². The number of benzene rings is 2. The van der Waals surface area contributed by atoms with Crippen LogP contribution in [0.25, 0.3) is 6.08 Å². The minimum absolute atomic E-state index is 0.0369. The van der Waals surface area contributed by atoms with Crippen LogP contribution in [0.15, 0.2) is 79.0 Å². The van der Waals surface area contributed by atoms with Gasteiger partial charge >= 0.3 is 0 Å². The molecule has 1 aromatic heterocycles. The van der Waals surface area contributed by atoms with Crippen molar-refractivity contribution in [3.63, 3.8) is 0 Å². The van der Waals surface area contributed by atoms with Gasteiger partial charge in [-0.1, -0.05) is 72.8 Å². The van der Waals surface area contributed by atoms with E-state index in [-0.39, 0.29) is 17.9 Å². The molecule has 1 unspecified atom stereocenters. The molecule has 1 aliphatic rings. The molecule has 33 heavy (non-hydrogen) atoms. The summed E-state index contributed by atoms with van der Waals surface area (Å²) >= 11 is 0. The van der Waals surface area contributed by atoms with Crippen LogP contribution in [0.1, 0.15) is 46.8 Å². The molecule has 0 spiro atoms. The predicted molar refractivity (Wildman–Crippen MR) is 135 cm³/mol. The summed E-state index contributed by atoms with van der Waals surface area (Å²) < 4.78 is 0. The minimum Gasteiger partial charge on any atom is -0.343 e. The fraction of sp³-hybridized carbons (Fsp3) is 0.310. The van der Waals surface area contributed by atoms with E-state index in [9.17, 15) is 4.79 Å². The van der Waals surface area contributed by atoms with E-state index in [1.807, 2.05) is 24.3 Å². The number of hydrogen-bond donors (Lipinski definition) is 1. The summed E-state index contributed by atoms with van der Waals surface area (Å²) in [5.74, 6) is 0.169. The van der Waals surface area contributed by atoms with Crippen LogP contribution in [-0.4, -0.2) is 35.4 Å². The number of amides is 1. The molecule has 3 aromatic rings. The summed E-state index contributed by atoms with van der Waals surface area (Å²) in [5, 5.41) is 3.35. The summed E-state index contributed by atoms with van der Waals surface area (Å²) in [4.78, 5) is 20.4. The third kappa shape index (κ3) is 5.96. The van der Waals surface area contributed by atoms with Crippen LogP contribution in [0.4, 0.5) is 0 Å². The van der Waals surface area contributed by atoms with Gasteiger partial charge < -0.3 is 5.32 Å². The lowest BCUT2D eigenvalue weighted by Gasteiger charge is -2.32. The highest BCUT2D eigenvalue weighted by Crippen LogP contribution is 2.27. The van der Waals surface area contributed by atoms with Crippen molar-refractivity contribution < 1.29 is 4.79 Å². The van der Waals surface area contributed by atoms with Gasteiger partial charge in [0, 0.05) is 18.7 Å². The first-order chi connectivity index (χ1) is 16.1. The van der Waals surface area contributed by atoms with Crippen molar-refractivity contribution in [2.24, 2.45) is 5.92 Å². The zero-order valence-electron chi connectivity index (χ0n) is 19.6. The largest absolute Gasteiger partial charge is 0.343 e. The first-order valence-corrected chi connectivity index (χ1v) is 11.8. The first-order valence-electron chi connectivity index (χ1n) is 11.8. The van der Waals surface area contributed by atoms with E-state index in [4.69, 9.17) is 0 Å². The molecule has 1 atom stereocenters. The highest BCUT2D eigenvalue weighted by Gasteiger charge is 2.28. The number of rotatable bonds is 7. The Hall–Kier alpha value is -3.24. The highest BCUT2D eigenvalue weighted by atomic mass is 16.2. The van der Waals surface area contributed by atoms with Gasteiger partial charge in [-0.15, -0.1) is 0 Å². The molecule has 4 rings (SSSR count). The Bertz CT molecular complexity index is 1040. The Morgan fingerprint density at radius 3 is 2.42 bits per heavy atom. The molecular formula is C29H33N3O. The molecule has 1 N–H and O–H groups in total. The van der Waals surface area contributed by atoms with E-state index in [0.29, 0.717) is 0 Å². The van der Waals surface area contributed by atoms with E-state index < -0.39 is 0 Å². The zero-order valence-corrected chi connectivity index (χ0v) is 19.6. The van der Waals surface area contributed by atoms with Crippen LogP contribution in [0, 0.1) is 19.8 Å². The lowest BCUT2D eigenvalue weighted by Crippen LogP contribution is -2.42. The summed E-state index contributed by atoms with van der Waals surface area (Å²) in [6, 6.07) is 22.4. The second kappa shape index (κ2) is 11.1. The number of carbonyl (C=O) groups is 1. The third-order valence-electron chi connectivity index (χ3n) is 6.54. The van der Waals surface area contributed by atoms with Crippen molar-refractivity contribution in [1.82, 2.24) is 15.2 Å². The van der Waals surface area contributed by atoms with E-state index in [1.54, 1.807) is 6.20 Å². The van der Waals surface area contributed by atoms with Crippen molar-refractivity contribution in [1.29, 1.82) is 0 Å². The normalized spacial score (nSPS) is 16.1. The maximum Gasteiger partial charge on any atom is 0.224 e. The van der Waals surface area contributed by atoms with Crippen LogP contribution in [0.5, 0.6) is 0 Å². The van der Waals surface area contributed by atoms with Crippen LogP contribution >= 0.6 is 0 Å². The van der Waals surface area contributed by atoms with Gasteiger partial charge in [0.05, 0.1) is 11.7 Å². The molecule has 4 nitrogen and oxygen atoms in total. The fourth-order valence-electron chi connectivity index (χ4n) is 4.54. The standard InChI is InChI=1S/C29H33N3O/c1-22-10-6-7-15-26(22)28(27-23(2)11-8-18-30-27)31-29(33)25-16-20-32(21-17-25)19-9-14-24-12-4-3-5-13-24/h3-15,18,25,28H,16-17,19-21H2,1-2H3,(H,31,33)/b14-9+. The molecule has 1 amide bonds. The molecule has 170 valence electrons. The number of aryl methyl sites for hydroxylation is 2. The predicted octanol–water partition coefficient (Wildman–Crippen LogP) is 5.33. The summed E-state index contributed by atoms with van der Waals surface area (Å²) in [7, 11) is 0. The van der Waals surface area contributed by atoms with Gasteiger partial charge in [-0.25, -0.2) is 0 Å². The van der Waals surface area contributed by atoms with Crippen molar-refractivity contribution in [2.45, 2.75) is 32.7 Å². The third-order valence-corrected chi connectivity index (χ3v) is 6.54. The van der Waals surface area contributed by atoms with Gasteiger partial charge in [-0.05, 0) is 68.1 Å². The van der Waals surface area contributed by atoms with Crippen molar-refractivity contribution in [2.75, 3.05) is 19.6 Å². The van der Waals surface area contributed by atoms with E-state index in [2.05, 4.69) is 83.7 Å². The van der Waals surface area contributed by atoms with E-state index in [1.165, 1.54) is 5.56 Å². The van der Waals surface area contributed by atoms with Gasteiger partial charge in [0.1, 0.15) is 0 Å². The average Bonchev–Trinajstić information content (AvgIpc) is 2.85. The van der Waals surface area contributed by atoms with Crippen molar-refractivity contribution in [3.8, 4) is 0 Å². The van der Waals surface area contributed by atoms with Crippen LogP contribution in [0.3, 0.4) is 0 Å². The fourth-order valence-corrected chi connectivity index (χ4v) is 4.54. The average molecular weight is 440 g/mol. The molecule has 1 saturated heterocycles. The Balaban J connectivity index is 1.38. The second-order valence-corrected chi connectivity index (χ2v) is 8.89. The Kier molecular flexibility index (Phi) is 7.69. The van der Waals surface area contributed by atoms with Gasteiger partial charge in [0.15, 0.2) is 0 Å². The molecular weight excluding hydrogens is 406 g/mol. The number of nitrogens with zero attached hydrogens (tertiary/aromatic N) is 2. The smallest absolute Gasteiger partial charge is 0.224 e.